The van der Waals surface area contributed by atoms with Crippen molar-refractivity contribution >= 4 is 143 Å². The molecule has 2 aliphatic rings. The van der Waals surface area contributed by atoms with Crippen molar-refractivity contribution in [3.05, 3.63) is 249 Å². The molecule has 0 spiro atoms. The van der Waals surface area contributed by atoms with Crippen LogP contribution in [0, 0.1) is 0 Å². The van der Waals surface area contributed by atoms with Gasteiger partial charge in [-0.15, -0.1) is 0 Å². The second-order valence-corrected chi connectivity index (χ2v) is 20.2. The van der Waals surface area contributed by atoms with Gasteiger partial charge >= 0.3 is 0 Å². The van der Waals surface area contributed by atoms with Crippen LogP contribution >= 0.6 is 0 Å². The van der Waals surface area contributed by atoms with E-state index >= 15 is 0 Å². The minimum atomic E-state index is -0.120. The van der Waals surface area contributed by atoms with Crippen LogP contribution in [-0.4, -0.2) is 6.71 Å². The van der Waals surface area contributed by atoms with E-state index in [0.717, 1.165) is 11.4 Å². The number of hydrogen-bond donors (Lipinski definition) is 0. The first-order valence-corrected chi connectivity index (χ1v) is 25.5. The third-order valence-corrected chi connectivity index (χ3v) is 16.6. The molecular formula is C70H41BN2. The van der Waals surface area contributed by atoms with Crippen molar-refractivity contribution in [3.63, 3.8) is 0 Å². The molecule has 2 aliphatic heterocycles. The fraction of sp³-hybridized carbons (Fsp3) is 0. The molecule has 15 aromatic rings. The van der Waals surface area contributed by atoms with Crippen molar-refractivity contribution in [1.29, 1.82) is 0 Å². The molecule has 0 saturated heterocycles. The van der Waals surface area contributed by atoms with Gasteiger partial charge in [-0.25, -0.2) is 0 Å². The van der Waals surface area contributed by atoms with Gasteiger partial charge in [-0.1, -0.05) is 212 Å². The summed E-state index contributed by atoms with van der Waals surface area (Å²) in [5.74, 6) is 0. The van der Waals surface area contributed by atoms with Crippen LogP contribution in [0.25, 0.3) is 108 Å². The van der Waals surface area contributed by atoms with Crippen molar-refractivity contribution in [2.75, 3.05) is 9.80 Å². The summed E-state index contributed by atoms with van der Waals surface area (Å²) < 4.78 is 0. The van der Waals surface area contributed by atoms with Gasteiger partial charge in [0.05, 0.1) is 0 Å². The maximum Gasteiger partial charge on any atom is 0.252 e. The van der Waals surface area contributed by atoms with Crippen LogP contribution in [0.2, 0.25) is 0 Å². The van der Waals surface area contributed by atoms with Gasteiger partial charge in [-0.3, -0.25) is 0 Å². The predicted octanol–water partition coefficient (Wildman–Crippen LogP) is 17.2. The quantitative estimate of drug-likeness (QED) is 0.0986. The summed E-state index contributed by atoms with van der Waals surface area (Å²) in [6.07, 6.45) is 0. The highest BCUT2D eigenvalue weighted by atomic mass is 15.2. The number of rotatable bonds is 4. The summed E-state index contributed by atoms with van der Waals surface area (Å²) in [7, 11) is 0. The summed E-state index contributed by atoms with van der Waals surface area (Å²) in [5.41, 5.74) is 15.9. The molecule has 0 aromatic heterocycles. The highest BCUT2D eigenvalue weighted by Crippen LogP contribution is 2.53. The Morgan fingerprint density at radius 3 is 1.03 bits per heavy atom. The fourth-order valence-electron chi connectivity index (χ4n) is 13.7. The zero-order chi connectivity index (χ0) is 47.5. The van der Waals surface area contributed by atoms with E-state index < -0.39 is 0 Å². The molecule has 0 saturated carbocycles. The molecule has 0 unspecified atom stereocenters. The average molecular weight is 921 g/mol. The van der Waals surface area contributed by atoms with Crippen molar-refractivity contribution in [2.24, 2.45) is 0 Å². The highest BCUT2D eigenvalue weighted by Gasteiger charge is 2.45. The Balaban J connectivity index is 1.08. The molecule has 0 fully saturated rings. The SMILES string of the molecule is c1ccc(-c2ccc(-c3cc4c5c(c3)N(c3ccccc3)c3c(cc6c7cccc8cccc(c9cccc3c96)c87)B5c3cc5c6cccc7cccc(c8cccc(c3N4c3ccccc3)c85)c76)cc2)cc1. The summed E-state index contributed by atoms with van der Waals surface area (Å²) in [5, 5.41) is 20.8. The Kier molecular flexibility index (Phi) is 7.85. The predicted molar refractivity (Wildman–Crippen MR) is 314 cm³/mol. The molecule has 15 aromatic carbocycles. The van der Waals surface area contributed by atoms with E-state index in [9.17, 15) is 0 Å². The molecule has 73 heavy (non-hydrogen) atoms. The molecule has 17 rings (SSSR count). The molecule has 3 heteroatoms. The number of anilines is 6. The average Bonchev–Trinajstić information content (AvgIpc) is 3.46. The smallest absolute Gasteiger partial charge is 0.252 e. The topological polar surface area (TPSA) is 6.48 Å². The molecule has 0 bridgehead atoms. The van der Waals surface area contributed by atoms with Crippen LogP contribution in [0.4, 0.5) is 34.1 Å². The van der Waals surface area contributed by atoms with E-state index in [4.69, 9.17) is 0 Å². The first-order valence-electron chi connectivity index (χ1n) is 25.5. The zero-order valence-electron chi connectivity index (χ0n) is 39.6. The van der Waals surface area contributed by atoms with Crippen molar-refractivity contribution in [3.8, 4) is 22.3 Å². The van der Waals surface area contributed by atoms with E-state index in [1.807, 2.05) is 0 Å². The normalized spacial score (nSPS) is 13.1. The van der Waals surface area contributed by atoms with Crippen LogP contribution in [-0.2, 0) is 0 Å². The molecule has 0 atom stereocenters. The van der Waals surface area contributed by atoms with Gasteiger partial charge in [0.15, 0.2) is 0 Å². The number of para-hydroxylation sites is 2. The van der Waals surface area contributed by atoms with E-state index in [1.54, 1.807) is 0 Å². The summed E-state index contributed by atoms with van der Waals surface area (Å²) in [6.45, 7) is -0.120. The minimum absolute atomic E-state index is 0.120. The van der Waals surface area contributed by atoms with E-state index in [-0.39, 0.29) is 6.71 Å². The molecule has 0 N–H and O–H groups in total. The Labute approximate surface area is 422 Å². The minimum Gasteiger partial charge on any atom is -0.311 e. The zero-order valence-corrected chi connectivity index (χ0v) is 39.6. The third kappa shape index (κ3) is 5.28. The van der Waals surface area contributed by atoms with Crippen LogP contribution in [0.3, 0.4) is 0 Å². The summed E-state index contributed by atoms with van der Waals surface area (Å²) in [6, 6.07) is 93.9. The van der Waals surface area contributed by atoms with Gasteiger partial charge in [0.25, 0.3) is 6.71 Å². The molecule has 0 radical (unpaired) electrons. The lowest BCUT2D eigenvalue weighted by Gasteiger charge is -2.45. The summed E-state index contributed by atoms with van der Waals surface area (Å²) in [4.78, 5) is 5.23. The Morgan fingerprint density at radius 1 is 0.247 bits per heavy atom. The van der Waals surface area contributed by atoms with Crippen LogP contribution in [0.5, 0.6) is 0 Å². The second-order valence-electron chi connectivity index (χ2n) is 20.2. The molecule has 2 heterocycles. The summed E-state index contributed by atoms with van der Waals surface area (Å²) >= 11 is 0. The first-order chi connectivity index (χ1) is 36.2. The van der Waals surface area contributed by atoms with Crippen molar-refractivity contribution < 1.29 is 0 Å². The molecule has 334 valence electrons. The maximum atomic E-state index is 2.62. The number of benzene rings is 15. The van der Waals surface area contributed by atoms with Gasteiger partial charge in [-0.05, 0) is 150 Å². The van der Waals surface area contributed by atoms with Gasteiger partial charge in [0.2, 0.25) is 0 Å². The standard InChI is InChI=1S/C70H41BN2/c1-4-16-42(17-5-1)43-34-36-44(37-35-43)47-38-62-68-63(39-47)73(49-24-8-3-9-25-49)70-57-33-15-31-53-51-27-11-19-46-21-13-29-55(65(46)51)59(67(53)57)41-61(70)71(68)60-40-58-54-28-12-20-45-18-10-26-50(64(45)54)52-30-14-32-56(66(52)58)69(60)72(62)48-22-6-2-7-23-48/h1-41H. The first kappa shape index (κ1) is 39.3. The fourth-order valence-corrected chi connectivity index (χ4v) is 13.7. The van der Waals surface area contributed by atoms with Crippen LogP contribution in [0.1, 0.15) is 0 Å². The van der Waals surface area contributed by atoms with E-state index in [1.165, 1.54) is 148 Å². The van der Waals surface area contributed by atoms with Gasteiger partial charge in [-0.2, -0.15) is 0 Å². The lowest BCUT2D eigenvalue weighted by molar-refractivity contribution is 1.27. The largest absolute Gasteiger partial charge is 0.311 e. The van der Waals surface area contributed by atoms with Gasteiger partial charge in [0, 0.05) is 44.9 Å². The monoisotopic (exact) mass is 920 g/mol. The van der Waals surface area contributed by atoms with Gasteiger partial charge in [0.1, 0.15) is 0 Å². The molecule has 0 aliphatic carbocycles. The van der Waals surface area contributed by atoms with E-state index in [0.29, 0.717) is 0 Å². The van der Waals surface area contributed by atoms with Crippen molar-refractivity contribution in [2.45, 2.75) is 0 Å². The number of hydrogen-bond acceptors (Lipinski definition) is 2. The number of nitrogens with zero attached hydrogens (tertiary/aromatic N) is 2. The Bertz CT molecular complexity index is 4510. The maximum absolute atomic E-state index is 2.62. The molecule has 2 nitrogen and oxygen atoms in total. The van der Waals surface area contributed by atoms with Crippen LogP contribution in [0.15, 0.2) is 249 Å². The lowest BCUT2D eigenvalue weighted by atomic mass is 9.33. The lowest BCUT2D eigenvalue weighted by Crippen LogP contribution is -2.61. The van der Waals surface area contributed by atoms with Crippen molar-refractivity contribution in [1.82, 2.24) is 0 Å². The van der Waals surface area contributed by atoms with Crippen LogP contribution < -0.4 is 26.2 Å². The van der Waals surface area contributed by atoms with Gasteiger partial charge < -0.3 is 9.80 Å². The highest BCUT2D eigenvalue weighted by molar-refractivity contribution is 7.01. The third-order valence-electron chi connectivity index (χ3n) is 16.6. The van der Waals surface area contributed by atoms with E-state index in [2.05, 4.69) is 259 Å². The molecular weight excluding hydrogens is 880 g/mol. The molecule has 0 amide bonds. The Morgan fingerprint density at radius 2 is 0.589 bits per heavy atom. The Hall–Kier alpha value is -9.44. The number of fused-ring (bicyclic) bond motifs is 10. The second kappa shape index (κ2) is 14.6.